The molecule has 0 aliphatic carbocycles. The zero-order valence-corrected chi connectivity index (χ0v) is 10.7. The first-order valence-electron chi connectivity index (χ1n) is 5.77. The highest BCUT2D eigenvalue weighted by Crippen LogP contribution is 2.31. The average Bonchev–Trinajstić information content (AvgIpc) is 2.92. The van der Waals surface area contributed by atoms with E-state index in [-0.39, 0.29) is 11.4 Å². The Balaban J connectivity index is 2.05. The van der Waals surface area contributed by atoms with Gasteiger partial charge in [0.15, 0.2) is 10.4 Å². The van der Waals surface area contributed by atoms with Gasteiger partial charge >= 0.3 is 0 Å². The third kappa shape index (κ3) is 2.00. The third-order valence-corrected chi connectivity index (χ3v) is 3.36. The van der Waals surface area contributed by atoms with E-state index < -0.39 is 18.4 Å². The number of nitrogen functional groups attached to an aromatic ring is 1. The van der Waals surface area contributed by atoms with Crippen molar-refractivity contribution >= 4 is 29.2 Å². The Morgan fingerprint density at radius 2 is 2.42 bits per heavy atom. The van der Waals surface area contributed by atoms with Crippen molar-refractivity contribution in [2.24, 2.45) is 0 Å². The lowest BCUT2D eigenvalue weighted by molar-refractivity contribution is -0.0432. The second kappa shape index (κ2) is 4.53. The van der Waals surface area contributed by atoms with Crippen LogP contribution >= 0.6 is 12.2 Å². The molecule has 0 radical (unpaired) electrons. The van der Waals surface area contributed by atoms with E-state index in [4.69, 9.17) is 27.8 Å². The van der Waals surface area contributed by atoms with Crippen LogP contribution in [0.5, 0.6) is 0 Å². The van der Waals surface area contributed by atoms with Gasteiger partial charge < -0.3 is 25.7 Å². The second-order valence-electron chi connectivity index (χ2n) is 4.39. The molecule has 3 atom stereocenters. The van der Waals surface area contributed by atoms with Gasteiger partial charge in [0.25, 0.3) is 0 Å². The number of anilines is 1. The Morgan fingerprint density at radius 1 is 1.63 bits per heavy atom. The highest BCUT2D eigenvalue weighted by atomic mass is 32.1. The standard InChI is InChI=1S/C10H13N5O3S/c11-8-7-9(14-10(19)13-8)15(3-12-7)6-1-4(17)5(2-16)18-6/h3-6,16-17H,1-2H2,(H3,11,13,14,19)/t4-,5-,6-/m1/s1. The number of nitrogens with two attached hydrogens (primary N) is 1. The fourth-order valence-electron chi connectivity index (χ4n) is 2.21. The van der Waals surface area contributed by atoms with Crippen LogP contribution in [0.4, 0.5) is 5.82 Å². The first-order valence-corrected chi connectivity index (χ1v) is 6.17. The summed E-state index contributed by atoms with van der Waals surface area (Å²) in [5, 5.41) is 18.8. The number of aliphatic hydroxyl groups is 2. The van der Waals surface area contributed by atoms with Crippen LogP contribution in [-0.4, -0.2) is 48.5 Å². The van der Waals surface area contributed by atoms with Gasteiger partial charge in [0.2, 0.25) is 0 Å². The molecule has 8 nitrogen and oxygen atoms in total. The minimum absolute atomic E-state index is 0.236. The maximum absolute atomic E-state index is 9.75. The average molecular weight is 283 g/mol. The van der Waals surface area contributed by atoms with E-state index in [0.717, 1.165) is 0 Å². The van der Waals surface area contributed by atoms with Crippen LogP contribution in [0.2, 0.25) is 0 Å². The van der Waals surface area contributed by atoms with Gasteiger partial charge in [0.1, 0.15) is 23.7 Å². The van der Waals surface area contributed by atoms with Gasteiger partial charge in [0.05, 0.1) is 19.0 Å². The van der Waals surface area contributed by atoms with Gasteiger partial charge in [-0.25, -0.2) is 4.98 Å². The van der Waals surface area contributed by atoms with Crippen LogP contribution < -0.4 is 5.73 Å². The molecule has 2 aromatic heterocycles. The molecule has 5 N–H and O–H groups in total. The molecule has 3 heterocycles. The molecule has 0 spiro atoms. The summed E-state index contributed by atoms with van der Waals surface area (Å²) >= 11 is 4.98. The van der Waals surface area contributed by atoms with Crippen LogP contribution in [0, 0.1) is 4.77 Å². The summed E-state index contributed by atoms with van der Waals surface area (Å²) in [6.45, 7) is -0.236. The van der Waals surface area contributed by atoms with Gasteiger partial charge in [-0.3, -0.25) is 4.57 Å². The number of nitrogens with zero attached hydrogens (tertiary/aromatic N) is 3. The van der Waals surface area contributed by atoms with Crippen molar-refractivity contribution in [3.63, 3.8) is 0 Å². The molecule has 0 saturated carbocycles. The normalized spacial score (nSPS) is 27.2. The summed E-state index contributed by atoms with van der Waals surface area (Å²) < 4.78 is 7.47. The molecule has 1 saturated heterocycles. The quantitative estimate of drug-likeness (QED) is 0.559. The Morgan fingerprint density at radius 3 is 3.11 bits per heavy atom. The summed E-state index contributed by atoms with van der Waals surface area (Å²) in [4.78, 5) is 11.0. The summed E-state index contributed by atoms with van der Waals surface area (Å²) in [6.07, 6.45) is 0.124. The first-order chi connectivity index (χ1) is 9.10. The van der Waals surface area contributed by atoms with E-state index in [1.165, 1.54) is 6.33 Å². The maximum atomic E-state index is 9.75. The second-order valence-corrected chi connectivity index (χ2v) is 4.78. The number of H-pyrrole nitrogens is 1. The van der Waals surface area contributed by atoms with Crippen LogP contribution in [0.15, 0.2) is 6.33 Å². The molecule has 0 bridgehead atoms. The minimum Gasteiger partial charge on any atom is -0.394 e. The number of fused-ring (bicyclic) bond motifs is 1. The van der Waals surface area contributed by atoms with Gasteiger partial charge in [0, 0.05) is 6.42 Å². The Bertz CT molecular complexity index is 669. The molecule has 3 rings (SSSR count). The van der Waals surface area contributed by atoms with Gasteiger partial charge in [-0.1, -0.05) is 0 Å². The van der Waals surface area contributed by atoms with Crippen molar-refractivity contribution in [2.75, 3.05) is 12.3 Å². The van der Waals surface area contributed by atoms with Crippen LogP contribution in [0.3, 0.4) is 0 Å². The summed E-state index contributed by atoms with van der Waals surface area (Å²) in [5.74, 6) is 0.339. The van der Waals surface area contributed by atoms with Crippen molar-refractivity contribution in [1.82, 2.24) is 19.5 Å². The number of imidazole rings is 1. The van der Waals surface area contributed by atoms with Crippen LogP contribution in [-0.2, 0) is 4.74 Å². The molecule has 1 aliphatic rings. The van der Waals surface area contributed by atoms with Crippen molar-refractivity contribution in [1.29, 1.82) is 0 Å². The predicted molar refractivity (Wildman–Crippen MR) is 68.7 cm³/mol. The van der Waals surface area contributed by atoms with Crippen molar-refractivity contribution < 1.29 is 14.9 Å². The van der Waals surface area contributed by atoms with Crippen LogP contribution in [0.1, 0.15) is 12.6 Å². The lowest BCUT2D eigenvalue weighted by atomic mass is 10.2. The number of aromatic nitrogens is 4. The molecular formula is C10H13N5O3S. The fourth-order valence-corrected chi connectivity index (χ4v) is 2.41. The van der Waals surface area contributed by atoms with E-state index in [2.05, 4.69) is 15.0 Å². The Labute approximate surface area is 112 Å². The molecule has 0 aromatic carbocycles. The van der Waals surface area contributed by atoms with Crippen molar-refractivity contribution in [2.45, 2.75) is 24.9 Å². The largest absolute Gasteiger partial charge is 0.394 e. The zero-order valence-electron chi connectivity index (χ0n) is 9.85. The molecule has 0 amide bonds. The highest BCUT2D eigenvalue weighted by molar-refractivity contribution is 7.71. The highest BCUT2D eigenvalue weighted by Gasteiger charge is 2.35. The van der Waals surface area contributed by atoms with Gasteiger partial charge in [-0.15, -0.1) is 0 Å². The number of nitrogens with one attached hydrogen (secondary N) is 1. The molecule has 2 aromatic rings. The SMILES string of the molecule is Nc1[nH]c(=S)nc2c1ncn2[C@H]1C[C@@H](O)[C@@H](CO)O1. The lowest BCUT2D eigenvalue weighted by Crippen LogP contribution is -2.24. The monoisotopic (exact) mass is 283 g/mol. The number of hydrogen-bond acceptors (Lipinski definition) is 7. The number of aromatic amines is 1. The molecule has 19 heavy (non-hydrogen) atoms. The Kier molecular flexibility index (Phi) is 2.97. The van der Waals surface area contributed by atoms with Crippen LogP contribution in [0.25, 0.3) is 11.2 Å². The number of hydrogen-bond donors (Lipinski definition) is 4. The maximum Gasteiger partial charge on any atom is 0.200 e. The molecular weight excluding hydrogens is 270 g/mol. The first kappa shape index (κ1) is 12.5. The molecule has 9 heteroatoms. The molecule has 0 unspecified atom stereocenters. The van der Waals surface area contributed by atoms with E-state index in [9.17, 15) is 5.11 Å². The molecule has 102 valence electrons. The number of rotatable bonds is 2. The zero-order chi connectivity index (χ0) is 13.6. The van der Waals surface area contributed by atoms with E-state index >= 15 is 0 Å². The third-order valence-electron chi connectivity index (χ3n) is 3.17. The smallest absolute Gasteiger partial charge is 0.200 e. The van der Waals surface area contributed by atoms with Gasteiger partial charge in [-0.2, -0.15) is 4.98 Å². The minimum atomic E-state index is -0.719. The van der Waals surface area contributed by atoms with E-state index in [0.29, 0.717) is 23.4 Å². The van der Waals surface area contributed by atoms with Gasteiger partial charge in [-0.05, 0) is 12.2 Å². The fraction of sp³-hybridized carbons (Fsp3) is 0.500. The van der Waals surface area contributed by atoms with Crippen molar-refractivity contribution in [3.05, 3.63) is 11.1 Å². The lowest BCUT2D eigenvalue weighted by Gasteiger charge is -2.13. The molecule has 1 aliphatic heterocycles. The van der Waals surface area contributed by atoms with E-state index in [1.807, 2.05) is 0 Å². The van der Waals surface area contributed by atoms with Crippen molar-refractivity contribution in [3.8, 4) is 0 Å². The summed E-state index contributed by atoms with van der Waals surface area (Å²) in [6, 6.07) is 0. The number of ether oxygens (including phenoxy) is 1. The molecule has 1 fully saturated rings. The van der Waals surface area contributed by atoms with E-state index in [1.54, 1.807) is 4.57 Å². The summed E-state index contributed by atoms with van der Waals surface area (Å²) in [5.41, 5.74) is 6.78. The Hall–Kier alpha value is -1.55. The predicted octanol–water partition coefficient (Wildman–Crippen LogP) is -0.288. The topological polar surface area (TPSA) is 122 Å². The summed E-state index contributed by atoms with van der Waals surface area (Å²) in [7, 11) is 0. The number of aliphatic hydroxyl groups excluding tert-OH is 2.